The van der Waals surface area contributed by atoms with Crippen LogP contribution in [0.1, 0.15) is 28.4 Å². The number of fused-ring (bicyclic) bond motifs is 1. The van der Waals surface area contributed by atoms with E-state index in [0.717, 1.165) is 6.42 Å². The monoisotopic (exact) mass is 355 g/mol. The molecular weight excluding hydrogens is 334 g/mol. The van der Waals surface area contributed by atoms with E-state index in [0.29, 0.717) is 17.8 Å². The first kappa shape index (κ1) is 17.0. The lowest BCUT2D eigenvalue weighted by Crippen LogP contribution is -2.11. The Morgan fingerprint density at radius 2 is 1.78 bits per heavy atom. The first-order valence-corrected chi connectivity index (χ1v) is 9.12. The van der Waals surface area contributed by atoms with Crippen LogP contribution in [0, 0.1) is 0 Å². The lowest BCUT2D eigenvalue weighted by atomic mass is 10.0. The second kappa shape index (κ2) is 7.46. The minimum Gasteiger partial charge on any atom is -0.319 e. The number of rotatable bonds is 5. The zero-order valence-corrected chi connectivity index (χ0v) is 15.2. The fourth-order valence-corrected chi connectivity index (χ4v) is 3.21. The van der Waals surface area contributed by atoms with Gasteiger partial charge in [0, 0.05) is 11.8 Å². The molecule has 1 N–H and O–H groups in total. The molecule has 0 radical (unpaired) electrons. The van der Waals surface area contributed by atoms with Gasteiger partial charge in [0.05, 0.1) is 18.4 Å². The molecule has 0 bridgehead atoms. The molecule has 1 heterocycles. The Bertz CT molecular complexity index is 1070. The fourth-order valence-electron chi connectivity index (χ4n) is 3.21. The van der Waals surface area contributed by atoms with Crippen LogP contribution in [0.5, 0.6) is 0 Å². The van der Waals surface area contributed by atoms with Crippen LogP contribution in [0.3, 0.4) is 0 Å². The first-order chi connectivity index (χ1) is 13.2. The van der Waals surface area contributed by atoms with E-state index in [1.807, 2.05) is 47.3 Å². The normalized spacial score (nSPS) is 10.9. The zero-order valence-electron chi connectivity index (χ0n) is 15.2. The third kappa shape index (κ3) is 3.75. The average molecular weight is 355 g/mol. The topological polar surface area (TPSA) is 46.9 Å². The number of nitrogens with one attached hydrogen (secondary N) is 1. The van der Waals surface area contributed by atoms with E-state index in [1.165, 1.54) is 21.9 Å². The first-order valence-electron chi connectivity index (χ1n) is 9.12. The number of nitrogens with zero attached hydrogens (tertiary/aromatic N) is 2. The van der Waals surface area contributed by atoms with Crippen molar-refractivity contribution >= 4 is 22.4 Å². The zero-order chi connectivity index (χ0) is 18.6. The molecule has 27 heavy (non-hydrogen) atoms. The molecule has 4 aromatic rings. The Morgan fingerprint density at radius 3 is 2.59 bits per heavy atom. The van der Waals surface area contributed by atoms with Gasteiger partial charge in [-0.05, 0) is 40.5 Å². The minimum absolute atomic E-state index is 0.123. The quantitative estimate of drug-likeness (QED) is 0.553. The van der Waals surface area contributed by atoms with Crippen LogP contribution in [0.15, 0.2) is 79.1 Å². The van der Waals surface area contributed by atoms with Gasteiger partial charge < -0.3 is 5.32 Å². The van der Waals surface area contributed by atoms with Crippen molar-refractivity contribution in [1.29, 1.82) is 0 Å². The number of aryl methyl sites for hydroxylation is 1. The van der Waals surface area contributed by atoms with Crippen LogP contribution >= 0.6 is 0 Å². The van der Waals surface area contributed by atoms with E-state index < -0.39 is 0 Å². The molecule has 134 valence electrons. The van der Waals surface area contributed by atoms with Gasteiger partial charge in [-0.3, -0.25) is 9.48 Å². The SMILES string of the molecule is CCc1ccc(C(=O)Nc2cnn(Cc3cccc4ccccc34)c2)cc1. The van der Waals surface area contributed by atoms with Gasteiger partial charge in [-0.1, -0.05) is 61.5 Å². The van der Waals surface area contributed by atoms with Crippen LogP contribution in [-0.2, 0) is 13.0 Å². The Morgan fingerprint density at radius 1 is 1.00 bits per heavy atom. The lowest BCUT2D eigenvalue weighted by Gasteiger charge is -2.07. The molecule has 0 aliphatic heterocycles. The van der Waals surface area contributed by atoms with Crippen molar-refractivity contribution in [2.45, 2.75) is 19.9 Å². The average Bonchev–Trinajstić information content (AvgIpc) is 3.15. The van der Waals surface area contributed by atoms with Gasteiger partial charge >= 0.3 is 0 Å². The molecule has 4 nitrogen and oxygen atoms in total. The van der Waals surface area contributed by atoms with Gasteiger partial charge in [0.15, 0.2) is 0 Å². The highest BCUT2D eigenvalue weighted by Crippen LogP contribution is 2.20. The predicted octanol–water partition coefficient (Wildman–Crippen LogP) is 4.90. The van der Waals surface area contributed by atoms with Crippen LogP contribution < -0.4 is 5.32 Å². The summed E-state index contributed by atoms with van der Waals surface area (Å²) in [5, 5.41) is 9.74. The number of aromatic nitrogens is 2. The summed E-state index contributed by atoms with van der Waals surface area (Å²) in [5.74, 6) is -0.123. The summed E-state index contributed by atoms with van der Waals surface area (Å²) >= 11 is 0. The highest BCUT2D eigenvalue weighted by atomic mass is 16.1. The number of hydrogen-bond donors (Lipinski definition) is 1. The van der Waals surface area contributed by atoms with Crippen molar-refractivity contribution in [1.82, 2.24) is 9.78 Å². The molecule has 0 unspecified atom stereocenters. The summed E-state index contributed by atoms with van der Waals surface area (Å²) in [4.78, 5) is 12.4. The maximum Gasteiger partial charge on any atom is 0.255 e. The summed E-state index contributed by atoms with van der Waals surface area (Å²) in [6.45, 7) is 2.75. The van der Waals surface area contributed by atoms with Crippen molar-refractivity contribution < 1.29 is 4.79 Å². The number of anilines is 1. The van der Waals surface area contributed by atoms with E-state index in [4.69, 9.17) is 0 Å². The Balaban J connectivity index is 1.49. The number of carbonyl (C=O) groups excluding carboxylic acids is 1. The van der Waals surface area contributed by atoms with E-state index in [-0.39, 0.29) is 5.91 Å². The number of amides is 1. The van der Waals surface area contributed by atoms with E-state index in [1.54, 1.807) is 6.20 Å². The van der Waals surface area contributed by atoms with Gasteiger partial charge in [-0.2, -0.15) is 5.10 Å². The molecule has 0 fully saturated rings. The highest BCUT2D eigenvalue weighted by Gasteiger charge is 2.08. The van der Waals surface area contributed by atoms with Crippen molar-refractivity contribution in [2.75, 3.05) is 5.32 Å². The number of benzene rings is 3. The molecule has 1 amide bonds. The van der Waals surface area contributed by atoms with Gasteiger partial charge in [-0.25, -0.2) is 0 Å². The summed E-state index contributed by atoms with van der Waals surface area (Å²) in [7, 11) is 0. The third-order valence-corrected chi connectivity index (χ3v) is 4.73. The minimum atomic E-state index is -0.123. The Kier molecular flexibility index (Phi) is 4.71. The van der Waals surface area contributed by atoms with Gasteiger partial charge in [0.25, 0.3) is 5.91 Å². The molecule has 0 aliphatic carbocycles. The molecule has 0 spiro atoms. The van der Waals surface area contributed by atoms with Gasteiger partial charge in [0.2, 0.25) is 0 Å². The predicted molar refractivity (Wildman–Crippen MR) is 109 cm³/mol. The number of carbonyl (C=O) groups is 1. The molecule has 0 aliphatic rings. The van der Waals surface area contributed by atoms with Crippen LogP contribution in [0.4, 0.5) is 5.69 Å². The Hall–Kier alpha value is -3.40. The molecule has 0 saturated carbocycles. The van der Waals surface area contributed by atoms with Crippen molar-refractivity contribution in [3.05, 3.63) is 95.8 Å². The summed E-state index contributed by atoms with van der Waals surface area (Å²) < 4.78 is 1.84. The second-order valence-corrected chi connectivity index (χ2v) is 6.57. The maximum atomic E-state index is 12.4. The summed E-state index contributed by atoms with van der Waals surface area (Å²) in [6, 6.07) is 22.3. The van der Waals surface area contributed by atoms with Gasteiger partial charge in [-0.15, -0.1) is 0 Å². The molecule has 4 heteroatoms. The largest absolute Gasteiger partial charge is 0.319 e. The Labute approximate surface area is 158 Å². The molecule has 0 atom stereocenters. The van der Waals surface area contributed by atoms with Crippen molar-refractivity contribution in [3.8, 4) is 0 Å². The molecule has 3 aromatic carbocycles. The third-order valence-electron chi connectivity index (χ3n) is 4.73. The molecular formula is C23H21N3O. The second-order valence-electron chi connectivity index (χ2n) is 6.57. The number of hydrogen-bond acceptors (Lipinski definition) is 2. The van der Waals surface area contributed by atoms with E-state index >= 15 is 0 Å². The van der Waals surface area contributed by atoms with Crippen LogP contribution in [0.25, 0.3) is 10.8 Å². The fraction of sp³-hybridized carbons (Fsp3) is 0.130. The smallest absolute Gasteiger partial charge is 0.255 e. The van der Waals surface area contributed by atoms with Crippen molar-refractivity contribution in [3.63, 3.8) is 0 Å². The molecule has 0 saturated heterocycles. The van der Waals surface area contributed by atoms with E-state index in [2.05, 4.69) is 47.7 Å². The van der Waals surface area contributed by atoms with E-state index in [9.17, 15) is 4.79 Å². The lowest BCUT2D eigenvalue weighted by molar-refractivity contribution is 0.102. The van der Waals surface area contributed by atoms with Gasteiger partial charge in [0.1, 0.15) is 0 Å². The summed E-state index contributed by atoms with van der Waals surface area (Å²) in [5.41, 5.74) is 3.76. The molecule has 1 aromatic heterocycles. The van der Waals surface area contributed by atoms with Crippen molar-refractivity contribution in [2.24, 2.45) is 0 Å². The van der Waals surface area contributed by atoms with Crippen LogP contribution in [0.2, 0.25) is 0 Å². The molecule has 4 rings (SSSR count). The van der Waals surface area contributed by atoms with Crippen LogP contribution in [-0.4, -0.2) is 15.7 Å². The highest BCUT2D eigenvalue weighted by molar-refractivity contribution is 6.04. The standard InChI is InChI=1S/C23H21N3O/c1-2-17-10-12-19(13-11-17)23(27)25-21-14-24-26(16-21)15-20-8-5-7-18-6-3-4-9-22(18)20/h3-14,16H,2,15H2,1H3,(H,25,27). The maximum absolute atomic E-state index is 12.4. The summed E-state index contributed by atoms with van der Waals surface area (Å²) in [6.07, 6.45) is 4.51.